The van der Waals surface area contributed by atoms with Crippen LogP contribution in [0.2, 0.25) is 0 Å². The lowest BCUT2D eigenvalue weighted by atomic mass is 9.95. The Labute approximate surface area is 237 Å². The molecule has 0 radical (unpaired) electrons. The van der Waals surface area contributed by atoms with Crippen LogP contribution in [0.5, 0.6) is 17.2 Å². The number of hydrogen-bond donors (Lipinski definition) is 1. The van der Waals surface area contributed by atoms with Crippen molar-refractivity contribution < 1.29 is 33.7 Å². The zero-order valence-electron chi connectivity index (χ0n) is 23.1. The molecule has 1 unspecified atom stereocenters. The van der Waals surface area contributed by atoms with Crippen molar-refractivity contribution in [1.82, 2.24) is 4.98 Å². The van der Waals surface area contributed by atoms with E-state index in [1.165, 1.54) is 18.9 Å². The minimum Gasteiger partial charge on any atom is -0.507 e. The van der Waals surface area contributed by atoms with Gasteiger partial charge in [-0.25, -0.2) is 4.98 Å². The number of unbranched alkanes of at least 4 members (excludes halogenated alkanes) is 1. The van der Waals surface area contributed by atoms with Gasteiger partial charge in [0, 0.05) is 12.5 Å². The summed E-state index contributed by atoms with van der Waals surface area (Å²) in [6.45, 7) is 7.89. The summed E-state index contributed by atoms with van der Waals surface area (Å²) < 4.78 is 17.0. The Morgan fingerprint density at radius 2 is 1.80 bits per heavy atom. The molecule has 0 aliphatic carbocycles. The van der Waals surface area contributed by atoms with Crippen LogP contribution in [0.25, 0.3) is 5.76 Å². The van der Waals surface area contributed by atoms with Crippen molar-refractivity contribution in [3.05, 3.63) is 69.7 Å². The van der Waals surface area contributed by atoms with E-state index in [4.69, 9.17) is 14.2 Å². The molecule has 1 saturated heterocycles. The lowest BCUT2D eigenvalue weighted by molar-refractivity contribution is -0.132. The highest BCUT2D eigenvalue weighted by Gasteiger charge is 2.48. The molecule has 0 spiro atoms. The first-order chi connectivity index (χ1) is 19.2. The number of aryl methyl sites for hydroxylation is 1. The topological polar surface area (TPSA) is 115 Å². The van der Waals surface area contributed by atoms with Crippen molar-refractivity contribution >= 4 is 39.7 Å². The van der Waals surface area contributed by atoms with Crippen LogP contribution < -0.4 is 19.1 Å². The second-order valence-electron chi connectivity index (χ2n) is 9.21. The first-order valence-electron chi connectivity index (χ1n) is 13.0. The van der Waals surface area contributed by atoms with Crippen LogP contribution in [0.3, 0.4) is 0 Å². The number of rotatable bonds is 11. The summed E-state index contributed by atoms with van der Waals surface area (Å²) in [6.07, 6.45) is 1.84. The number of aliphatic hydroxyl groups excluding tert-OH is 1. The summed E-state index contributed by atoms with van der Waals surface area (Å²) >= 11 is 1.03. The standard InChI is InChI=1S/C30H32N2O7S/c1-6-8-15-39-22-14-11-20(16-23(22)38-7-2)25-24(26(34)19-9-12-21(37-5)13-10-19)27(35)29(36)32(25)30-31-17(3)28(40-30)18(4)33/h9-14,16,25,34H,6-8,15H2,1-5H3/b26-24+. The van der Waals surface area contributed by atoms with Gasteiger partial charge in [0.1, 0.15) is 11.5 Å². The second-order valence-corrected chi connectivity index (χ2v) is 10.2. The maximum atomic E-state index is 13.5. The second kappa shape index (κ2) is 12.3. The number of anilines is 1. The van der Waals surface area contributed by atoms with Crippen LogP contribution in [0.15, 0.2) is 48.0 Å². The van der Waals surface area contributed by atoms with Gasteiger partial charge in [-0.05, 0) is 62.2 Å². The van der Waals surface area contributed by atoms with E-state index in [0.717, 1.165) is 24.2 Å². The molecule has 2 aromatic carbocycles. The van der Waals surface area contributed by atoms with E-state index in [1.54, 1.807) is 49.4 Å². The highest BCUT2D eigenvalue weighted by molar-refractivity contribution is 7.18. The lowest BCUT2D eigenvalue weighted by Gasteiger charge is -2.24. The van der Waals surface area contributed by atoms with Crippen molar-refractivity contribution in [1.29, 1.82) is 0 Å². The smallest absolute Gasteiger partial charge is 0.301 e. The average molecular weight is 565 g/mol. The van der Waals surface area contributed by atoms with Gasteiger partial charge in [0.25, 0.3) is 5.78 Å². The molecule has 1 N–H and O–H groups in total. The van der Waals surface area contributed by atoms with Gasteiger partial charge in [-0.15, -0.1) is 0 Å². The molecule has 1 aliphatic rings. The predicted octanol–water partition coefficient (Wildman–Crippen LogP) is 5.87. The molecule has 1 aromatic heterocycles. The highest BCUT2D eigenvalue weighted by Crippen LogP contribution is 2.45. The SMILES string of the molecule is CCCCOc1ccc(C2/C(=C(\O)c3ccc(OC)cc3)C(=O)C(=O)N2c2nc(C)c(C(C)=O)s2)cc1OCC. The lowest BCUT2D eigenvalue weighted by Crippen LogP contribution is -2.29. The van der Waals surface area contributed by atoms with Crippen LogP contribution >= 0.6 is 11.3 Å². The predicted molar refractivity (Wildman–Crippen MR) is 153 cm³/mol. The third kappa shape index (κ3) is 5.58. The van der Waals surface area contributed by atoms with Crippen molar-refractivity contribution in [2.45, 2.75) is 46.6 Å². The number of amides is 1. The summed E-state index contributed by atoms with van der Waals surface area (Å²) in [7, 11) is 1.53. The quantitative estimate of drug-likeness (QED) is 0.101. The fraction of sp³-hybridized carbons (Fsp3) is 0.333. The van der Waals surface area contributed by atoms with Gasteiger partial charge in [0.15, 0.2) is 22.4 Å². The molecule has 10 heteroatoms. The van der Waals surface area contributed by atoms with E-state index in [2.05, 4.69) is 11.9 Å². The molecule has 1 amide bonds. The Hall–Kier alpha value is -4.18. The number of carbonyl (C=O) groups is 3. The summed E-state index contributed by atoms with van der Waals surface area (Å²) in [4.78, 5) is 45.3. The number of hydrogen-bond acceptors (Lipinski definition) is 9. The molecule has 40 heavy (non-hydrogen) atoms. The third-order valence-corrected chi connectivity index (χ3v) is 7.72. The van der Waals surface area contributed by atoms with Crippen molar-refractivity contribution in [2.24, 2.45) is 0 Å². The highest BCUT2D eigenvalue weighted by atomic mass is 32.1. The van der Waals surface area contributed by atoms with Gasteiger partial charge in [-0.3, -0.25) is 19.3 Å². The minimum atomic E-state index is -1.03. The zero-order valence-corrected chi connectivity index (χ0v) is 24.0. The van der Waals surface area contributed by atoms with E-state index in [-0.39, 0.29) is 22.2 Å². The Morgan fingerprint density at radius 3 is 2.40 bits per heavy atom. The number of nitrogens with zero attached hydrogens (tertiary/aromatic N) is 2. The van der Waals surface area contributed by atoms with Gasteiger partial charge in [0.2, 0.25) is 0 Å². The van der Waals surface area contributed by atoms with Gasteiger partial charge in [-0.1, -0.05) is 30.7 Å². The van der Waals surface area contributed by atoms with E-state index < -0.39 is 17.7 Å². The van der Waals surface area contributed by atoms with Crippen molar-refractivity contribution in [2.75, 3.05) is 25.2 Å². The van der Waals surface area contributed by atoms with Gasteiger partial charge in [0.05, 0.1) is 42.5 Å². The van der Waals surface area contributed by atoms with E-state index in [1.807, 2.05) is 6.92 Å². The van der Waals surface area contributed by atoms with E-state index in [9.17, 15) is 19.5 Å². The van der Waals surface area contributed by atoms with E-state index >= 15 is 0 Å². The molecule has 2 heterocycles. The summed E-state index contributed by atoms with van der Waals surface area (Å²) in [5.41, 5.74) is 1.21. The van der Waals surface area contributed by atoms with E-state index in [0.29, 0.717) is 52.2 Å². The molecule has 1 fully saturated rings. The minimum absolute atomic E-state index is 0.102. The summed E-state index contributed by atoms with van der Waals surface area (Å²) in [5, 5.41) is 11.6. The molecule has 1 atom stereocenters. The first kappa shape index (κ1) is 28.8. The number of carbonyl (C=O) groups excluding carboxylic acids is 3. The van der Waals surface area contributed by atoms with Crippen molar-refractivity contribution in [3.8, 4) is 17.2 Å². The fourth-order valence-corrected chi connectivity index (χ4v) is 5.46. The number of aliphatic hydroxyl groups is 1. The van der Waals surface area contributed by atoms with Crippen LogP contribution in [0.1, 0.15) is 66.1 Å². The molecule has 4 rings (SSSR count). The number of aromatic nitrogens is 1. The molecule has 210 valence electrons. The summed E-state index contributed by atoms with van der Waals surface area (Å²) in [6, 6.07) is 10.7. The van der Waals surface area contributed by atoms with Gasteiger partial charge < -0.3 is 19.3 Å². The molecule has 1 aliphatic heterocycles. The molecule has 9 nitrogen and oxygen atoms in total. The largest absolute Gasteiger partial charge is 0.507 e. The Bertz CT molecular complexity index is 1460. The summed E-state index contributed by atoms with van der Waals surface area (Å²) in [5.74, 6) is -0.693. The maximum Gasteiger partial charge on any atom is 0.301 e. The number of ether oxygens (including phenoxy) is 3. The molecule has 3 aromatic rings. The molecular formula is C30H32N2O7S. The van der Waals surface area contributed by atoms with Crippen LogP contribution in [0, 0.1) is 6.92 Å². The monoisotopic (exact) mass is 564 g/mol. The fourth-order valence-electron chi connectivity index (χ4n) is 4.47. The normalized spacial score (nSPS) is 16.3. The number of benzene rings is 2. The number of Topliss-reactive ketones (excluding diaryl/α,β-unsaturated/α-hetero) is 2. The van der Waals surface area contributed by atoms with Crippen LogP contribution in [0.4, 0.5) is 5.13 Å². The number of ketones is 2. The number of thiazole rings is 1. The number of methoxy groups -OCH3 is 1. The first-order valence-corrected chi connectivity index (χ1v) is 13.9. The Kier molecular flexibility index (Phi) is 8.89. The molecule has 0 bridgehead atoms. The average Bonchev–Trinajstić information content (AvgIpc) is 3.46. The zero-order chi connectivity index (χ0) is 29.0. The third-order valence-electron chi connectivity index (χ3n) is 6.46. The van der Waals surface area contributed by atoms with Crippen LogP contribution in [-0.4, -0.2) is 47.9 Å². The molecule has 0 saturated carbocycles. The van der Waals surface area contributed by atoms with Gasteiger partial charge in [-0.2, -0.15) is 0 Å². The maximum absolute atomic E-state index is 13.5. The van der Waals surface area contributed by atoms with Gasteiger partial charge >= 0.3 is 5.91 Å². The van der Waals surface area contributed by atoms with Crippen molar-refractivity contribution in [3.63, 3.8) is 0 Å². The Morgan fingerprint density at radius 1 is 1.07 bits per heavy atom. The Balaban J connectivity index is 1.91. The van der Waals surface area contributed by atoms with Crippen LogP contribution in [-0.2, 0) is 9.59 Å². The molecular weight excluding hydrogens is 532 g/mol.